The molecule has 0 saturated carbocycles. The van der Waals surface area contributed by atoms with Crippen molar-refractivity contribution in [2.45, 2.75) is 12.5 Å². The molecule has 0 bridgehead atoms. The van der Waals surface area contributed by atoms with E-state index >= 15 is 0 Å². The van der Waals surface area contributed by atoms with Crippen molar-refractivity contribution in [2.24, 2.45) is 0 Å². The highest BCUT2D eigenvalue weighted by molar-refractivity contribution is 5.96. The minimum absolute atomic E-state index is 0.0637. The standard InChI is InChI=1S/C16H16FNO3/c1-16(21,11-5-3-2-4-6-11)10-18-15(20)13-9-12(17)7-8-14(13)19/h2-9,19,21H,10H2,1H3,(H,18,20). The first-order valence-corrected chi connectivity index (χ1v) is 6.45. The van der Waals surface area contributed by atoms with E-state index in [0.717, 1.165) is 18.2 Å². The van der Waals surface area contributed by atoms with Crippen LogP contribution in [0.1, 0.15) is 22.8 Å². The van der Waals surface area contributed by atoms with E-state index in [9.17, 15) is 19.4 Å². The topological polar surface area (TPSA) is 69.6 Å². The first-order chi connectivity index (χ1) is 9.90. The number of amides is 1. The van der Waals surface area contributed by atoms with Crippen LogP contribution in [0.4, 0.5) is 4.39 Å². The van der Waals surface area contributed by atoms with Crippen molar-refractivity contribution in [2.75, 3.05) is 6.54 Å². The Bertz CT molecular complexity index is 641. The summed E-state index contributed by atoms with van der Waals surface area (Å²) in [6.07, 6.45) is 0. The monoisotopic (exact) mass is 289 g/mol. The number of rotatable bonds is 4. The van der Waals surface area contributed by atoms with Crippen molar-refractivity contribution in [1.82, 2.24) is 5.32 Å². The van der Waals surface area contributed by atoms with Crippen LogP contribution in [0.3, 0.4) is 0 Å². The molecule has 0 fully saturated rings. The van der Waals surface area contributed by atoms with Crippen molar-refractivity contribution in [3.8, 4) is 5.75 Å². The van der Waals surface area contributed by atoms with Gasteiger partial charge in [-0.25, -0.2) is 4.39 Å². The molecular weight excluding hydrogens is 273 g/mol. The molecule has 0 heterocycles. The molecule has 1 amide bonds. The van der Waals surface area contributed by atoms with Crippen LogP contribution in [-0.4, -0.2) is 22.7 Å². The summed E-state index contributed by atoms with van der Waals surface area (Å²) >= 11 is 0. The van der Waals surface area contributed by atoms with Gasteiger partial charge in [0.05, 0.1) is 12.1 Å². The number of aromatic hydroxyl groups is 1. The van der Waals surface area contributed by atoms with Gasteiger partial charge in [-0.05, 0) is 30.7 Å². The van der Waals surface area contributed by atoms with Gasteiger partial charge in [-0.3, -0.25) is 4.79 Å². The first-order valence-electron chi connectivity index (χ1n) is 6.45. The SMILES string of the molecule is CC(O)(CNC(=O)c1cc(F)ccc1O)c1ccccc1. The second-order valence-electron chi connectivity index (χ2n) is 4.98. The Kier molecular flexibility index (Phi) is 4.23. The molecule has 0 aliphatic carbocycles. The number of phenolic OH excluding ortho intramolecular Hbond substituents is 1. The Hall–Kier alpha value is -2.40. The summed E-state index contributed by atoms with van der Waals surface area (Å²) in [5.41, 5.74) is -0.785. The van der Waals surface area contributed by atoms with E-state index in [4.69, 9.17) is 0 Å². The molecule has 2 rings (SSSR count). The summed E-state index contributed by atoms with van der Waals surface area (Å²) in [5, 5.41) is 22.4. The number of benzene rings is 2. The van der Waals surface area contributed by atoms with E-state index in [1.54, 1.807) is 31.2 Å². The Balaban J connectivity index is 2.09. The van der Waals surface area contributed by atoms with Crippen molar-refractivity contribution in [3.05, 3.63) is 65.5 Å². The zero-order chi connectivity index (χ0) is 15.5. The minimum Gasteiger partial charge on any atom is -0.507 e. The van der Waals surface area contributed by atoms with Gasteiger partial charge in [-0.15, -0.1) is 0 Å². The number of phenols is 1. The van der Waals surface area contributed by atoms with Gasteiger partial charge in [0.15, 0.2) is 0 Å². The van der Waals surface area contributed by atoms with Gasteiger partial charge < -0.3 is 15.5 Å². The summed E-state index contributed by atoms with van der Waals surface area (Å²) in [5.74, 6) is -1.58. The van der Waals surface area contributed by atoms with Crippen LogP contribution in [0.25, 0.3) is 0 Å². The molecule has 110 valence electrons. The maximum atomic E-state index is 13.1. The molecule has 1 atom stereocenters. The summed E-state index contributed by atoms with van der Waals surface area (Å²) in [6, 6.07) is 12.0. The molecule has 0 radical (unpaired) electrons. The largest absolute Gasteiger partial charge is 0.507 e. The average molecular weight is 289 g/mol. The highest BCUT2D eigenvalue weighted by Gasteiger charge is 2.24. The van der Waals surface area contributed by atoms with Gasteiger partial charge in [0.2, 0.25) is 0 Å². The smallest absolute Gasteiger partial charge is 0.255 e. The third-order valence-corrected chi connectivity index (χ3v) is 3.19. The fourth-order valence-corrected chi connectivity index (χ4v) is 1.94. The fourth-order valence-electron chi connectivity index (χ4n) is 1.94. The lowest BCUT2D eigenvalue weighted by Crippen LogP contribution is -2.38. The lowest BCUT2D eigenvalue weighted by molar-refractivity contribution is 0.0525. The quantitative estimate of drug-likeness (QED) is 0.808. The van der Waals surface area contributed by atoms with Gasteiger partial charge in [0, 0.05) is 0 Å². The van der Waals surface area contributed by atoms with Crippen LogP contribution >= 0.6 is 0 Å². The molecule has 0 aliphatic rings. The number of hydrogen-bond donors (Lipinski definition) is 3. The van der Waals surface area contributed by atoms with Crippen LogP contribution < -0.4 is 5.32 Å². The zero-order valence-corrected chi connectivity index (χ0v) is 11.5. The van der Waals surface area contributed by atoms with Crippen LogP contribution in [0, 0.1) is 5.82 Å². The Morgan fingerprint density at radius 2 is 1.90 bits per heavy atom. The molecule has 1 unspecified atom stereocenters. The second kappa shape index (κ2) is 5.93. The average Bonchev–Trinajstić information content (AvgIpc) is 2.48. The normalized spacial score (nSPS) is 13.5. The lowest BCUT2D eigenvalue weighted by Gasteiger charge is -2.24. The summed E-state index contributed by atoms with van der Waals surface area (Å²) in [6.45, 7) is 1.50. The molecule has 0 aliphatic heterocycles. The van der Waals surface area contributed by atoms with Crippen LogP contribution in [-0.2, 0) is 5.60 Å². The van der Waals surface area contributed by atoms with E-state index in [-0.39, 0.29) is 17.9 Å². The minimum atomic E-state index is -1.26. The van der Waals surface area contributed by atoms with Crippen molar-refractivity contribution >= 4 is 5.91 Å². The van der Waals surface area contributed by atoms with E-state index in [2.05, 4.69) is 5.32 Å². The highest BCUT2D eigenvalue weighted by Crippen LogP contribution is 2.21. The Morgan fingerprint density at radius 1 is 1.24 bits per heavy atom. The van der Waals surface area contributed by atoms with Gasteiger partial charge in [0.1, 0.15) is 17.2 Å². The Labute approximate surface area is 121 Å². The third-order valence-electron chi connectivity index (χ3n) is 3.19. The molecule has 4 nitrogen and oxygen atoms in total. The van der Waals surface area contributed by atoms with Gasteiger partial charge in [-0.1, -0.05) is 30.3 Å². The number of nitrogens with one attached hydrogen (secondary N) is 1. The Morgan fingerprint density at radius 3 is 2.57 bits per heavy atom. The number of halogens is 1. The second-order valence-corrected chi connectivity index (χ2v) is 4.98. The predicted molar refractivity (Wildman–Crippen MR) is 76.4 cm³/mol. The van der Waals surface area contributed by atoms with Crippen LogP contribution in [0.2, 0.25) is 0 Å². The summed E-state index contributed by atoms with van der Waals surface area (Å²) < 4.78 is 13.1. The van der Waals surface area contributed by atoms with Crippen molar-refractivity contribution < 1.29 is 19.4 Å². The zero-order valence-electron chi connectivity index (χ0n) is 11.5. The van der Waals surface area contributed by atoms with Gasteiger partial charge >= 0.3 is 0 Å². The van der Waals surface area contributed by atoms with Gasteiger partial charge in [-0.2, -0.15) is 0 Å². The molecule has 3 N–H and O–H groups in total. The van der Waals surface area contributed by atoms with E-state index in [1.807, 2.05) is 6.07 Å². The predicted octanol–water partition coefficient (Wildman–Crippen LogP) is 2.17. The maximum absolute atomic E-state index is 13.1. The van der Waals surface area contributed by atoms with Gasteiger partial charge in [0.25, 0.3) is 5.91 Å². The molecule has 5 heteroatoms. The molecule has 2 aromatic rings. The molecule has 0 saturated heterocycles. The first kappa shape index (κ1) is 15.0. The summed E-state index contributed by atoms with van der Waals surface area (Å²) in [7, 11) is 0. The van der Waals surface area contributed by atoms with E-state index < -0.39 is 17.3 Å². The van der Waals surface area contributed by atoms with E-state index in [1.165, 1.54) is 0 Å². The maximum Gasteiger partial charge on any atom is 0.255 e. The number of hydrogen-bond acceptors (Lipinski definition) is 3. The molecule has 21 heavy (non-hydrogen) atoms. The van der Waals surface area contributed by atoms with E-state index in [0.29, 0.717) is 5.56 Å². The van der Waals surface area contributed by atoms with Crippen molar-refractivity contribution in [3.63, 3.8) is 0 Å². The molecular formula is C16H16FNO3. The van der Waals surface area contributed by atoms with Crippen LogP contribution in [0.5, 0.6) is 5.75 Å². The molecule has 0 aromatic heterocycles. The number of carbonyl (C=O) groups excluding carboxylic acids is 1. The molecule has 0 spiro atoms. The summed E-state index contributed by atoms with van der Waals surface area (Å²) in [4.78, 5) is 11.9. The highest BCUT2D eigenvalue weighted by atomic mass is 19.1. The lowest BCUT2D eigenvalue weighted by atomic mass is 9.96. The molecule has 2 aromatic carbocycles. The van der Waals surface area contributed by atoms with Crippen molar-refractivity contribution in [1.29, 1.82) is 0 Å². The fraction of sp³-hybridized carbons (Fsp3) is 0.188. The third kappa shape index (κ3) is 3.58. The number of aliphatic hydroxyl groups is 1. The number of carbonyl (C=O) groups is 1. The van der Waals surface area contributed by atoms with Crippen LogP contribution in [0.15, 0.2) is 48.5 Å².